The number of amides is 1. The van der Waals surface area contributed by atoms with Crippen LogP contribution in [0.15, 0.2) is 12.2 Å². The van der Waals surface area contributed by atoms with E-state index in [1.54, 1.807) is 6.08 Å². The van der Waals surface area contributed by atoms with E-state index < -0.39 is 12.1 Å². The van der Waals surface area contributed by atoms with Crippen LogP contribution in [0.3, 0.4) is 0 Å². The molecule has 3 N–H and O–H groups in total. The van der Waals surface area contributed by atoms with Crippen molar-refractivity contribution in [3.8, 4) is 0 Å². The molecular formula is C49H97NO3. The van der Waals surface area contributed by atoms with E-state index in [2.05, 4.69) is 19.2 Å². The zero-order valence-electron chi connectivity index (χ0n) is 36.3. The number of aliphatic hydroxyl groups excluding tert-OH is 2. The molecule has 0 aliphatic heterocycles. The van der Waals surface area contributed by atoms with E-state index in [4.69, 9.17) is 0 Å². The molecule has 0 rings (SSSR count). The van der Waals surface area contributed by atoms with Gasteiger partial charge in [0.15, 0.2) is 0 Å². The van der Waals surface area contributed by atoms with Crippen LogP contribution in [0.1, 0.15) is 277 Å². The molecule has 0 aromatic heterocycles. The lowest BCUT2D eigenvalue weighted by Gasteiger charge is -2.20. The van der Waals surface area contributed by atoms with Crippen molar-refractivity contribution in [1.29, 1.82) is 0 Å². The van der Waals surface area contributed by atoms with Crippen LogP contribution in [0.25, 0.3) is 0 Å². The van der Waals surface area contributed by atoms with Gasteiger partial charge in [-0.05, 0) is 19.3 Å². The van der Waals surface area contributed by atoms with Crippen molar-refractivity contribution in [3.63, 3.8) is 0 Å². The summed E-state index contributed by atoms with van der Waals surface area (Å²) < 4.78 is 0. The third kappa shape index (κ3) is 42.1. The van der Waals surface area contributed by atoms with Gasteiger partial charge in [-0.1, -0.05) is 264 Å². The molecule has 0 aromatic rings. The maximum Gasteiger partial charge on any atom is 0.220 e. The van der Waals surface area contributed by atoms with Gasteiger partial charge in [0.05, 0.1) is 18.8 Å². The number of carbonyl (C=O) groups is 1. The van der Waals surface area contributed by atoms with Gasteiger partial charge in [-0.15, -0.1) is 0 Å². The summed E-state index contributed by atoms with van der Waals surface area (Å²) in [5, 5.41) is 22.8. The molecule has 0 spiro atoms. The van der Waals surface area contributed by atoms with Crippen molar-refractivity contribution >= 4 is 5.91 Å². The molecule has 0 aliphatic carbocycles. The van der Waals surface area contributed by atoms with Crippen molar-refractivity contribution in [2.45, 2.75) is 289 Å². The summed E-state index contributed by atoms with van der Waals surface area (Å²) in [6, 6.07) is -0.614. The highest BCUT2D eigenvalue weighted by atomic mass is 16.3. The Balaban J connectivity index is 3.30. The van der Waals surface area contributed by atoms with Gasteiger partial charge in [-0.3, -0.25) is 4.79 Å². The second-order valence-corrected chi connectivity index (χ2v) is 16.9. The maximum atomic E-state index is 12.3. The van der Waals surface area contributed by atoms with Crippen LogP contribution in [0.2, 0.25) is 0 Å². The van der Waals surface area contributed by atoms with E-state index in [0.717, 1.165) is 25.7 Å². The molecule has 0 heterocycles. The molecule has 4 heteroatoms. The zero-order chi connectivity index (χ0) is 38.6. The summed E-state index contributed by atoms with van der Waals surface area (Å²) in [5.74, 6) is -0.0630. The predicted molar refractivity (Wildman–Crippen MR) is 235 cm³/mol. The molecule has 1 amide bonds. The minimum absolute atomic E-state index is 0.0630. The van der Waals surface area contributed by atoms with Gasteiger partial charge in [0.1, 0.15) is 0 Å². The van der Waals surface area contributed by atoms with Crippen LogP contribution in [0.4, 0.5) is 0 Å². The quantitative estimate of drug-likeness (QED) is 0.0429. The summed E-state index contributed by atoms with van der Waals surface area (Å²) in [4.78, 5) is 12.3. The number of nitrogens with one attached hydrogen (secondary N) is 1. The standard InChI is InChI=1S/C49H97NO3/c1-3-5-7-9-11-12-13-14-15-16-17-18-19-20-21-22-23-24-25-26-27-28-29-30-31-32-33-34-35-36-37-39-41-43-45-49(53)50-47(46-51)48(52)44-42-40-38-10-8-6-4-2/h42,44,47-48,51-52H,3-41,43,45-46H2,1-2H3,(H,50,53)/b44-42+. The second kappa shape index (κ2) is 45.5. The highest BCUT2D eigenvalue weighted by Crippen LogP contribution is 2.17. The third-order valence-corrected chi connectivity index (χ3v) is 11.5. The number of aliphatic hydroxyl groups is 2. The largest absolute Gasteiger partial charge is 0.394 e. The van der Waals surface area contributed by atoms with Crippen LogP contribution >= 0.6 is 0 Å². The molecule has 53 heavy (non-hydrogen) atoms. The lowest BCUT2D eigenvalue weighted by atomic mass is 10.0. The summed E-state index contributed by atoms with van der Waals surface area (Å²) in [6.45, 7) is 4.27. The molecule has 0 saturated carbocycles. The van der Waals surface area contributed by atoms with Crippen LogP contribution in [-0.2, 0) is 4.79 Å². The van der Waals surface area contributed by atoms with Crippen LogP contribution in [-0.4, -0.2) is 34.9 Å². The summed E-state index contributed by atoms with van der Waals surface area (Å²) in [6.07, 6.45) is 58.1. The lowest BCUT2D eigenvalue weighted by molar-refractivity contribution is -0.123. The van der Waals surface area contributed by atoms with Crippen LogP contribution in [0.5, 0.6) is 0 Å². The number of allylic oxidation sites excluding steroid dienone is 1. The number of carbonyl (C=O) groups excluding carboxylic acids is 1. The molecule has 316 valence electrons. The van der Waals surface area contributed by atoms with E-state index in [-0.39, 0.29) is 12.5 Å². The van der Waals surface area contributed by atoms with E-state index in [9.17, 15) is 15.0 Å². The molecule has 0 aliphatic rings. The van der Waals surface area contributed by atoms with Crippen molar-refractivity contribution < 1.29 is 15.0 Å². The van der Waals surface area contributed by atoms with Gasteiger partial charge in [0.2, 0.25) is 5.91 Å². The first-order chi connectivity index (χ1) is 26.2. The minimum Gasteiger partial charge on any atom is -0.394 e. The maximum absolute atomic E-state index is 12.3. The smallest absolute Gasteiger partial charge is 0.220 e. The fourth-order valence-corrected chi connectivity index (χ4v) is 7.77. The molecule has 2 atom stereocenters. The Hall–Kier alpha value is -0.870. The van der Waals surface area contributed by atoms with Crippen molar-refractivity contribution in [3.05, 3.63) is 12.2 Å². The van der Waals surface area contributed by atoms with E-state index in [0.29, 0.717) is 6.42 Å². The Bertz CT molecular complexity index is 725. The van der Waals surface area contributed by atoms with E-state index in [1.807, 2.05) is 6.08 Å². The summed E-state index contributed by atoms with van der Waals surface area (Å²) >= 11 is 0. The molecular weight excluding hydrogens is 651 g/mol. The first kappa shape index (κ1) is 52.1. The fraction of sp³-hybridized carbons (Fsp3) is 0.939. The average Bonchev–Trinajstić information content (AvgIpc) is 3.16. The van der Waals surface area contributed by atoms with Crippen molar-refractivity contribution in [1.82, 2.24) is 5.32 Å². The Morgan fingerprint density at radius 1 is 0.434 bits per heavy atom. The Morgan fingerprint density at radius 2 is 0.698 bits per heavy atom. The number of unbranched alkanes of at least 4 members (excludes halogenated alkanes) is 38. The first-order valence-electron chi connectivity index (χ1n) is 24.4. The normalized spacial score (nSPS) is 12.9. The summed E-state index contributed by atoms with van der Waals surface area (Å²) in [7, 11) is 0. The lowest BCUT2D eigenvalue weighted by Crippen LogP contribution is -2.45. The first-order valence-corrected chi connectivity index (χ1v) is 24.4. The van der Waals surface area contributed by atoms with E-state index in [1.165, 1.54) is 231 Å². The van der Waals surface area contributed by atoms with Gasteiger partial charge >= 0.3 is 0 Å². The zero-order valence-corrected chi connectivity index (χ0v) is 36.3. The van der Waals surface area contributed by atoms with Crippen molar-refractivity contribution in [2.75, 3.05) is 6.61 Å². The van der Waals surface area contributed by atoms with E-state index >= 15 is 0 Å². The fourth-order valence-electron chi connectivity index (χ4n) is 7.77. The van der Waals surface area contributed by atoms with Crippen LogP contribution < -0.4 is 5.32 Å². The Morgan fingerprint density at radius 3 is 0.981 bits per heavy atom. The molecule has 4 nitrogen and oxygen atoms in total. The molecule has 0 radical (unpaired) electrons. The SMILES string of the molecule is CCCCCCC/C=C/C(O)C(CO)NC(=O)CCCCCCCCCCCCCCCCCCCCCCCCCCCCCCCCCCCC. The third-order valence-electron chi connectivity index (χ3n) is 11.5. The average molecular weight is 748 g/mol. The number of hydrogen-bond acceptors (Lipinski definition) is 3. The number of hydrogen-bond donors (Lipinski definition) is 3. The van der Waals surface area contributed by atoms with Gasteiger partial charge < -0.3 is 15.5 Å². The molecule has 0 fully saturated rings. The van der Waals surface area contributed by atoms with Gasteiger partial charge in [-0.2, -0.15) is 0 Å². The second-order valence-electron chi connectivity index (χ2n) is 16.9. The highest BCUT2D eigenvalue weighted by molar-refractivity contribution is 5.76. The van der Waals surface area contributed by atoms with Crippen LogP contribution in [0, 0.1) is 0 Å². The van der Waals surface area contributed by atoms with Crippen molar-refractivity contribution in [2.24, 2.45) is 0 Å². The highest BCUT2D eigenvalue weighted by Gasteiger charge is 2.18. The Kier molecular flexibility index (Phi) is 44.8. The molecule has 0 bridgehead atoms. The molecule has 0 aromatic carbocycles. The minimum atomic E-state index is -0.831. The van der Waals surface area contributed by atoms with Gasteiger partial charge in [0, 0.05) is 6.42 Å². The Labute approximate surface area is 333 Å². The van der Waals surface area contributed by atoms with Gasteiger partial charge in [-0.25, -0.2) is 0 Å². The number of rotatable bonds is 45. The van der Waals surface area contributed by atoms with Gasteiger partial charge in [0.25, 0.3) is 0 Å². The topological polar surface area (TPSA) is 69.6 Å². The predicted octanol–water partition coefficient (Wildman–Crippen LogP) is 15.4. The molecule has 2 unspecified atom stereocenters. The molecule has 0 saturated heterocycles. The summed E-state index contributed by atoms with van der Waals surface area (Å²) in [5.41, 5.74) is 0. The monoisotopic (exact) mass is 748 g/mol.